The van der Waals surface area contributed by atoms with Gasteiger partial charge in [-0.15, -0.1) is 0 Å². The Morgan fingerprint density at radius 1 is 1.48 bits per heavy atom. The van der Waals surface area contributed by atoms with Crippen LogP contribution in [0, 0.1) is 0 Å². The SMILES string of the molecule is Cn1cc(S(=O)(=O)NC2CCC(=O)NC2=O)cc1C(=O)O. The van der Waals surface area contributed by atoms with Crippen LogP contribution in [-0.4, -0.2) is 41.9 Å². The van der Waals surface area contributed by atoms with Crippen molar-refractivity contribution in [2.24, 2.45) is 7.05 Å². The Labute approximate surface area is 120 Å². The Bertz CT molecular complexity index is 720. The van der Waals surface area contributed by atoms with Crippen molar-refractivity contribution in [1.29, 1.82) is 0 Å². The predicted molar refractivity (Wildman–Crippen MR) is 68.9 cm³/mol. The standard InChI is InChI=1S/C11H13N3O6S/c1-14-5-6(4-8(14)11(17)18)21(19,20)13-7-2-3-9(15)12-10(7)16/h4-5,7,13H,2-3H2,1H3,(H,17,18)(H,12,15,16). The van der Waals surface area contributed by atoms with Crippen LogP contribution in [0.5, 0.6) is 0 Å². The number of nitrogens with one attached hydrogen (secondary N) is 2. The van der Waals surface area contributed by atoms with Gasteiger partial charge in [0.25, 0.3) is 0 Å². The number of hydrogen-bond acceptors (Lipinski definition) is 5. The maximum Gasteiger partial charge on any atom is 0.352 e. The second-order valence-corrected chi connectivity index (χ2v) is 6.32. The quantitative estimate of drug-likeness (QED) is 0.598. The van der Waals surface area contributed by atoms with Crippen LogP contribution in [0.1, 0.15) is 23.3 Å². The maximum atomic E-state index is 12.1. The van der Waals surface area contributed by atoms with Crippen molar-refractivity contribution in [1.82, 2.24) is 14.6 Å². The normalized spacial score (nSPS) is 19.4. The van der Waals surface area contributed by atoms with Crippen molar-refractivity contribution < 1.29 is 27.9 Å². The molecule has 0 spiro atoms. The summed E-state index contributed by atoms with van der Waals surface area (Å²) in [6.07, 6.45) is 1.23. The molecular weight excluding hydrogens is 302 g/mol. The minimum absolute atomic E-state index is 0.0358. The van der Waals surface area contributed by atoms with E-state index in [0.29, 0.717) is 0 Å². The number of piperidine rings is 1. The molecule has 1 aliphatic heterocycles. The largest absolute Gasteiger partial charge is 0.477 e. The molecule has 1 atom stereocenters. The molecule has 0 saturated carbocycles. The first-order valence-electron chi connectivity index (χ1n) is 5.96. The van der Waals surface area contributed by atoms with E-state index in [2.05, 4.69) is 4.72 Å². The van der Waals surface area contributed by atoms with Gasteiger partial charge in [0.2, 0.25) is 21.8 Å². The average molecular weight is 315 g/mol. The fraction of sp³-hybridized carbons (Fsp3) is 0.364. The zero-order chi connectivity index (χ0) is 15.8. The third-order valence-electron chi connectivity index (χ3n) is 3.05. The van der Waals surface area contributed by atoms with Crippen molar-refractivity contribution in [3.63, 3.8) is 0 Å². The zero-order valence-corrected chi connectivity index (χ0v) is 11.8. The second kappa shape index (κ2) is 5.30. The highest BCUT2D eigenvalue weighted by Crippen LogP contribution is 2.15. The number of carbonyl (C=O) groups is 3. The minimum atomic E-state index is -4.05. The molecule has 1 fully saturated rings. The molecule has 1 aromatic heterocycles. The van der Waals surface area contributed by atoms with Crippen molar-refractivity contribution in [3.05, 3.63) is 18.0 Å². The summed E-state index contributed by atoms with van der Waals surface area (Å²) in [6, 6.07) is -0.0579. The topological polar surface area (TPSA) is 135 Å². The van der Waals surface area contributed by atoms with E-state index in [9.17, 15) is 22.8 Å². The summed E-state index contributed by atoms with van der Waals surface area (Å²) in [5.74, 6) is -2.44. The molecule has 0 aliphatic carbocycles. The first-order chi connectivity index (χ1) is 9.70. The number of rotatable bonds is 4. The zero-order valence-electron chi connectivity index (χ0n) is 11.0. The van der Waals surface area contributed by atoms with E-state index < -0.39 is 33.8 Å². The first-order valence-corrected chi connectivity index (χ1v) is 7.44. The summed E-state index contributed by atoms with van der Waals surface area (Å²) in [5.41, 5.74) is -0.196. The van der Waals surface area contributed by atoms with E-state index in [-0.39, 0.29) is 23.4 Å². The molecule has 10 heteroatoms. The highest BCUT2D eigenvalue weighted by atomic mass is 32.2. The molecule has 114 valence electrons. The number of aromatic carboxylic acids is 1. The van der Waals surface area contributed by atoms with E-state index in [4.69, 9.17) is 5.11 Å². The fourth-order valence-corrected chi connectivity index (χ4v) is 3.25. The number of carboxylic acid groups (broad SMARTS) is 1. The average Bonchev–Trinajstić information content (AvgIpc) is 2.76. The molecule has 3 N–H and O–H groups in total. The predicted octanol–water partition coefficient (Wildman–Crippen LogP) is -1.19. The summed E-state index contributed by atoms with van der Waals surface area (Å²) < 4.78 is 27.6. The van der Waals surface area contributed by atoms with Gasteiger partial charge in [0.05, 0.1) is 0 Å². The molecule has 1 aromatic rings. The lowest BCUT2D eigenvalue weighted by atomic mass is 10.1. The molecule has 9 nitrogen and oxygen atoms in total. The van der Waals surface area contributed by atoms with Crippen LogP contribution in [0.25, 0.3) is 0 Å². The monoisotopic (exact) mass is 315 g/mol. The lowest BCUT2D eigenvalue weighted by molar-refractivity contribution is -0.134. The summed E-state index contributed by atoms with van der Waals surface area (Å²) >= 11 is 0. The van der Waals surface area contributed by atoms with Crippen LogP contribution in [0.2, 0.25) is 0 Å². The van der Waals surface area contributed by atoms with E-state index in [0.717, 1.165) is 16.8 Å². The van der Waals surface area contributed by atoms with Crippen LogP contribution in [-0.2, 0) is 26.7 Å². The molecule has 2 amide bonds. The molecule has 1 unspecified atom stereocenters. The van der Waals surface area contributed by atoms with Gasteiger partial charge >= 0.3 is 5.97 Å². The Balaban J connectivity index is 2.23. The third-order valence-corrected chi connectivity index (χ3v) is 4.48. The number of hydrogen-bond donors (Lipinski definition) is 3. The summed E-state index contributed by atoms with van der Waals surface area (Å²) in [4.78, 5) is 33.2. The summed E-state index contributed by atoms with van der Waals surface area (Å²) in [7, 11) is -2.65. The fourth-order valence-electron chi connectivity index (χ4n) is 1.96. The smallest absolute Gasteiger partial charge is 0.352 e. The molecule has 0 bridgehead atoms. The number of aryl methyl sites for hydroxylation is 1. The van der Waals surface area contributed by atoms with Crippen LogP contribution in [0.3, 0.4) is 0 Å². The molecule has 1 saturated heterocycles. The van der Waals surface area contributed by atoms with Gasteiger partial charge in [-0.05, 0) is 12.5 Å². The number of imide groups is 1. The number of aromatic nitrogens is 1. The van der Waals surface area contributed by atoms with Crippen LogP contribution < -0.4 is 10.0 Å². The van der Waals surface area contributed by atoms with Crippen molar-refractivity contribution in [3.8, 4) is 0 Å². The summed E-state index contributed by atoms with van der Waals surface area (Å²) in [6.45, 7) is 0. The Morgan fingerprint density at radius 2 is 2.14 bits per heavy atom. The van der Waals surface area contributed by atoms with E-state index in [1.807, 2.05) is 5.32 Å². The Morgan fingerprint density at radius 3 is 2.67 bits per heavy atom. The van der Waals surface area contributed by atoms with Crippen LogP contribution >= 0.6 is 0 Å². The number of sulfonamides is 1. The highest BCUT2D eigenvalue weighted by molar-refractivity contribution is 7.89. The summed E-state index contributed by atoms with van der Waals surface area (Å²) in [5, 5.41) is 10.9. The minimum Gasteiger partial charge on any atom is -0.477 e. The van der Waals surface area contributed by atoms with Gasteiger partial charge in [0.1, 0.15) is 16.6 Å². The molecule has 1 aliphatic rings. The van der Waals surface area contributed by atoms with E-state index >= 15 is 0 Å². The van der Waals surface area contributed by atoms with Gasteiger partial charge in [0, 0.05) is 19.7 Å². The lowest BCUT2D eigenvalue weighted by Gasteiger charge is -2.21. The number of amides is 2. The van der Waals surface area contributed by atoms with Gasteiger partial charge < -0.3 is 9.67 Å². The molecule has 0 aromatic carbocycles. The third kappa shape index (κ3) is 3.11. The second-order valence-electron chi connectivity index (χ2n) is 4.60. The van der Waals surface area contributed by atoms with Gasteiger partial charge in [-0.1, -0.05) is 0 Å². The van der Waals surface area contributed by atoms with Crippen molar-refractivity contribution in [2.45, 2.75) is 23.8 Å². The molecule has 2 rings (SSSR count). The van der Waals surface area contributed by atoms with Gasteiger partial charge in [-0.2, -0.15) is 4.72 Å². The van der Waals surface area contributed by atoms with Gasteiger partial charge in [-0.3, -0.25) is 14.9 Å². The van der Waals surface area contributed by atoms with Crippen molar-refractivity contribution >= 4 is 27.8 Å². The van der Waals surface area contributed by atoms with E-state index in [1.54, 1.807) is 0 Å². The Kier molecular flexibility index (Phi) is 3.83. The first kappa shape index (κ1) is 15.2. The van der Waals surface area contributed by atoms with Crippen LogP contribution in [0.4, 0.5) is 0 Å². The Hall–Kier alpha value is -2.20. The molecule has 0 radical (unpaired) electrons. The van der Waals surface area contributed by atoms with Gasteiger partial charge in [-0.25, -0.2) is 13.2 Å². The maximum absolute atomic E-state index is 12.1. The van der Waals surface area contributed by atoms with Gasteiger partial charge in [0.15, 0.2) is 0 Å². The number of carboxylic acids is 1. The van der Waals surface area contributed by atoms with Crippen LogP contribution in [0.15, 0.2) is 17.2 Å². The molecule has 21 heavy (non-hydrogen) atoms. The lowest BCUT2D eigenvalue weighted by Crippen LogP contribution is -2.52. The number of nitrogens with zero attached hydrogens (tertiary/aromatic N) is 1. The van der Waals surface area contributed by atoms with Crippen molar-refractivity contribution in [2.75, 3.05) is 0 Å². The molecule has 2 heterocycles. The number of carbonyl (C=O) groups excluding carboxylic acids is 2. The van der Waals surface area contributed by atoms with E-state index in [1.165, 1.54) is 7.05 Å². The highest BCUT2D eigenvalue weighted by Gasteiger charge is 2.31. The molecular formula is C11H13N3O6S.